The fraction of sp³-hybridized carbons (Fsp3) is 0.286. The summed E-state index contributed by atoms with van der Waals surface area (Å²) in [6.07, 6.45) is 0.261. The molecule has 3 aromatic rings. The molecule has 0 radical (unpaired) electrons. The third-order valence-electron chi connectivity index (χ3n) is 4.54. The molecular formula is C21H22BrNO3. The van der Waals surface area contributed by atoms with Crippen LogP contribution in [0.4, 0.5) is 0 Å². The number of hydrogen-bond donors (Lipinski definition) is 0. The van der Waals surface area contributed by atoms with Crippen LogP contribution >= 0.6 is 15.9 Å². The summed E-state index contributed by atoms with van der Waals surface area (Å²) in [5, 5.41) is 1.03. The Kier molecular flexibility index (Phi) is 5.67. The summed E-state index contributed by atoms with van der Waals surface area (Å²) in [6, 6.07) is 14.3. The Bertz CT molecular complexity index is 929. The van der Waals surface area contributed by atoms with Crippen LogP contribution in [0.5, 0.6) is 5.75 Å². The van der Waals surface area contributed by atoms with Crippen LogP contribution in [-0.4, -0.2) is 24.3 Å². The molecule has 0 amide bonds. The number of fused-ring (bicyclic) bond motifs is 1. The summed E-state index contributed by atoms with van der Waals surface area (Å²) < 4.78 is 13.8. The predicted octanol–water partition coefficient (Wildman–Crippen LogP) is 4.87. The van der Waals surface area contributed by atoms with Crippen molar-refractivity contribution in [1.82, 2.24) is 4.57 Å². The van der Waals surface area contributed by atoms with Crippen LogP contribution in [0, 0.1) is 6.92 Å². The standard InChI is InChI=1S/C21H22BrNO3/c1-4-26-21(24)12-18-14(2)23(13-15-5-7-16(22)8-6-15)20-10-9-17(25-3)11-19(18)20/h5-11H,4,12-13H2,1-3H3. The number of carbonyl (C=O) groups is 1. The Hall–Kier alpha value is -2.27. The van der Waals surface area contributed by atoms with Crippen molar-refractivity contribution in [1.29, 1.82) is 0 Å². The van der Waals surface area contributed by atoms with Crippen molar-refractivity contribution in [2.24, 2.45) is 0 Å². The average molecular weight is 416 g/mol. The fourth-order valence-electron chi connectivity index (χ4n) is 3.21. The summed E-state index contributed by atoms with van der Waals surface area (Å²) in [7, 11) is 1.65. The molecule has 4 nitrogen and oxygen atoms in total. The first-order valence-corrected chi connectivity index (χ1v) is 9.38. The second kappa shape index (κ2) is 7.96. The average Bonchev–Trinajstić information content (AvgIpc) is 2.89. The molecule has 0 aliphatic carbocycles. The first kappa shape index (κ1) is 18.5. The fourth-order valence-corrected chi connectivity index (χ4v) is 3.48. The number of methoxy groups -OCH3 is 1. The van der Waals surface area contributed by atoms with Gasteiger partial charge in [0.1, 0.15) is 5.75 Å². The first-order chi connectivity index (χ1) is 12.5. The summed E-state index contributed by atoms with van der Waals surface area (Å²) in [5.41, 5.74) is 4.36. The number of hydrogen-bond acceptors (Lipinski definition) is 3. The van der Waals surface area contributed by atoms with Crippen LogP contribution in [0.1, 0.15) is 23.7 Å². The maximum atomic E-state index is 12.1. The van der Waals surface area contributed by atoms with Crippen molar-refractivity contribution < 1.29 is 14.3 Å². The van der Waals surface area contributed by atoms with E-state index in [0.29, 0.717) is 6.61 Å². The SMILES string of the molecule is CCOC(=O)Cc1c(C)n(Cc2ccc(Br)cc2)c2ccc(OC)cc12. The van der Waals surface area contributed by atoms with Crippen LogP contribution < -0.4 is 4.74 Å². The van der Waals surface area contributed by atoms with Gasteiger partial charge in [-0.1, -0.05) is 28.1 Å². The Labute approximate surface area is 161 Å². The zero-order valence-electron chi connectivity index (χ0n) is 15.2. The molecule has 1 heterocycles. The Balaban J connectivity index is 2.08. The van der Waals surface area contributed by atoms with Gasteiger partial charge in [0.15, 0.2) is 0 Å². The molecule has 0 spiro atoms. The zero-order chi connectivity index (χ0) is 18.7. The molecule has 5 heteroatoms. The molecule has 0 saturated carbocycles. The lowest BCUT2D eigenvalue weighted by molar-refractivity contribution is -0.142. The van der Waals surface area contributed by atoms with E-state index >= 15 is 0 Å². The van der Waals surface area contributed by atoms with Crippen molar-refractivity contribution in [3.05, 3.63) is 63.8 Å². The maximum Gasteiger partial charge on any atom is 0.310 e. The Morgan fingerprint density at radius 2 is 1.88 bits per heavy atom. The number of ether oxygens (including phenoxy) is 2. The highest BCUT2D eigenvalue weighted by molar-refractivity contribution is 9.10. The molecule has 0 unspecified atom stereocenters. The van der Waals surface area contributed by atoms with E-state index in [1.165, 1.54) is 5.56 Å². The molecule has 0 aliphatic heterocycles. The molecular weight excluding hydrogens is 394 g/mol. The second-order valence-electron chi connectivity index (χ2n) is 6.14. The zero-order valence-corrected chi connectivity index (χ0v) is 16.8. The molecule has 2 aromatic carbocycles. The summed E-state index contributed by atoms with van der Waals surface area (Å²) in [4.78, 5) is 12.1. The van der Waals surface area contributed by atoms with Crippen LogP contribution in [0.2, 0.25) is 0 Å². The van der Waals surface area contributed by atoms with E-state index in [2.05, 4.69) is 45.6 Å². The van der Waals surface area contributed by atoms with Crippen LogP contribution in [0.25, 0.3) is 10.9 Å². The highest BCUT2D eigenvalue weighted by atomic mass is 79.9. The van der Waals surface area contributed by atoms with Gasteiger partial charge >= 0.3 is 5.97 Å². The lowest BCUT2D eigenvalue weighted by Crippen LogP contribution is -2.09. The molecule has 26 heavy (non-hydrogen) atoms. The number of esters is 1. The number of rotatable bonds is 6. The van der Waals surface area contributed by atoms with Crippen molar-refractivity contribution in [3.8, 4) is 5.75 Å². The van der Waals surface area contributed by atoms with Gasteiger partial charge in [-0.2, -0.15) is 0 Å². The van der Waals surface area contributed by atoms with Crippen LogP contribution in [0.3, 0.4) is 0 Å². The largest absolute Gasteiger partial charge is 0.497 e. The van der Waals surface area contributed by atoms with Crippen molar-refractivity contribution in [3.63, 3.8) is 0 Å². The molecule has 0 saturated heterocycles. The van der Waals surface area contributed by atoms with E-state index in [9.17, 15) is 4.79 Å². The van der Waals surface area contributed by atoms with Crippen molar-refractivity contribution in [2.75, 3.05) is 13.7 Å². The highest BCUT2D eigenvalue weighted by Crippen LogP contribution is 2.31. The highest BCUT2D eigenvalue weighted by Gasteiger charge is 2.18. The van der Waals surface area contributed by atoms with E-state index < -0.39 is 0 Å². The number of halogens is 1. The monoisotopic (exact) mass is 415 g/mol. The maximum absolute atomic E-state index is 12.1. The minimum absolute atomic E-state index is 0.207. The molecule has 3 rings (SSSR count). The third kappa shape index (κ3) is 3.78. The van der Waals surface area contributed by atoms with E-state index in [0.717, 1.165) is 38.9 Å². The number of carbonyl (C=O) groups excluding carboxylic acids is 1. The quantitative estimate of drug-likeness (QED) is 0.538. The van der Waals surface area contributed by atoms with Crippen LogP contribution in [-0.2, 0) is 22.5 Å². The van der Waals surface area contributed by atoms with Crippen molar-refractivity contribution in [2.45, 2.75) is 26.8 Å². The van der Waals surface area contributed by atoms with E-state index in [4.69, 9.17) is 9.47 Å². The van der Waals surface area contributed by atoms with Gasteiger partial charge in [-0.25, -0.2) is 0 Å². The van der Waals surface area contributed by atoms with Gasteiger partial charge in [0.2, 0.25) is 0 Å². The van der Waals surface area contributed by atoms with E-state index in [1.807, 2.05) is 31.2 Å². The van der Waals surface area contributed by atoms with Gasteiger partial charge in [-0.05, 0) is 55.3 Å². The molecule has 136 valence electrons. The Morgan fingerprint density at radius 1 is 1.15 bits per heavy atom. The number of aromatic nitrogens is 1. The normalized spacial score (nSPS) is 10.9. The molecule has 0 fully saturated rings. The number of benzene rings is 2. The number of nitrogens with zero attached hydrogens (tertiary/aromatic N) is 1. The van der Waals surface area contributed by atoms with Gasteiger partial charge in [-0.3, -0.25) is 4.79 Å². The second-order valence-corrected chi connectivity index (χ2v) is 7.06. The lowest BCUT2D eigenvalue weighted by Gasteiger charge is -2.09. The van der Waals surface area contributed by atoms with Crippen LogP contribution in [0.15, 0.2) is 46.9 Å². The van der Waals surface area contributed by atoms with Crippen molar-refractivity contribution >= 4 is 32.8 Å². The predicted molar refractivity (Wildman–Crippen MR) is 107 cm³/mol. The lowest BCUT2D eigenvalue weighted by atomic mass is 10.1. The smallest absolute Gasteiger partial charge is 0.310 e. The third-order valence-corrected chi connectivity index (χ3v) is 5.07. The molecule has 0 aliphatic rings. The summed E-state index contributed by atoms with van der Waals surface area (Å²) >= 11 is 3.47. The topological polar surface area (TPSA) is 40.5 Å². The minimum atomic E-state index is -0.207. The minimum Gasteiger partial charge on any atom is -0.497 e. The van der Waals surface area contributed by atoms with Gasteiger partial charge in [-0.15, -0.1) is 0 Å². The Morgan fingerprint density at radius 3 is 2.54 bits per heavy atom. The van der Waals surface area contributed by atoms with E-state index in [1.54, 1.807) is 7.11 Å². The van der Waals surface area contributed by atoms with Gasteiger partial charge in [0.05, 0.1) is 20.1 Å². The molecule has 0 bridgehead atoms. The molecule has 1 aromatic heterocycles. The molecule has 0 atom stereocenters. The van der Waals surface area contributed by atoms with E-state index in [-0.39, 0.29) is 12.4 Å². The van der Waals surface area contributed by atoms with Gasteiger partial charge < -0.3 is 14.0 Å². The summed E-state index contributed by atoms with van der Waals surface area (Å²) in [5.74, 6) is 0.574. The first-order valence-electron chi connectivity index (χ1n) is 8.59. The summed E-state index contributed by atoms with van der Waals surface area (Å²) in [6.45, 7) is 5.01. The molecule has 0 N–H and O–H groups in total. The van der Waals surface area contributed by atoms with Gasteiger partial charge in [0, 0.05) is 27.6 Å². The van der Waals surface area contributed by atoms with Gasteiger partial charge in [0.25, 0.3) is 0 Å².